The van der Waals surface area contributed by atoms with Crippen LogP contribution in [0.25, 0.3) is 33.8 Å². The second-order valence-electron chi connectivity index (χ2n) is 9.21. The van der Waals surface area contributed by atoms with Gasteiger partial charge in [-0.2, -0.15) is 15.3 Å². The van der Waals surface area contributed by atoms with Crippen molar-refractivity contribution in [3.8, 4) is 22.9 Å². The Kier molecular flexibility index (Phi) is 4.58. The molecule has 10 heteroatoms. The van der Waals surface area contributed by atoms with Crippen molar-refractivity contribution in [2.45, 2.75) is 39.3 Å². The summed E-state index contributed by atoms with van der Waals surface area (Å²) in [6, 6.07) is 5.91. The van der Waals surface area contributed by atoms with Crippen molar-refractivity contribution in [2.24, 2.45) is 17.6 Å². The van der Waals surface area contributed by atoms with Crippen LogP contribution < -0.4 is 11.1 Å². The minimum Gasteiger partial charge on any atom is -0.366 e. The molecule has 2 fully saturated rings. The van der Waals surface area contributed by atoms with Crippen LogP contribution in [0.1, 0.15) is 41.9 Å². The molecule has 4 N–H and O–H groups in total. The van der Waals surface area contributed by atoms with Gasteiger partial charge >= 0.3 is 0 Å². The molecule has 1 aliphatic carbocycles. The molecule has 1 saturated carbocycles. The Hall–Kier alpha value is -3.53. The van der Waals surface area contributed by atoms with Gasteiger partial charge in [-0.3, -0.25) is 19.3 Å². The molecule has 6 rings (SSSR count). The molecule has 1 aromatic carbocycles. The zero-order valence-corrected chi connectivity index (χ0v) is 18.7. The molecular formula is C23H27N9O. The van der Waals surface area contributed by atoms with Gasteiger partial charge in [0.25, 0.3) is 0 Å². The molecule has 10 nitrogen and oxygen atoms in total. The van der Waals surface area contributed by atoms with Crippen LogP contribution in [-0.2, 0) is 6.54 Å². The highest BCUT2D eigenvalue weighted by atomic mass is 16.1. The Bertz CT molecular complexity index is 1350. The number of amides is 1. The number of carbonyl (C=O) groups excluding carboxylic acids is 1. The van der Waals surface area contributed by atoms with E-state index in [4.69, 9.17) is 15.8 Å². The maximum Gasteiger partial charge on any atom is 0.248 e. The summed E-state index contributed by atoms with van der Waals surface area (Å²) in [5.41, 5.74) is 9.57. The van der Waals surface area contributed by atoms with Crippen molar-refractivity contribution in [1.82, 2.24) is 40.1 Å². The largest absolute Gasteiger partial charge is 0.366 e. The molecular weight excluding hydrogens is 418 g/mol. The first-order valence-corrected chi connectivity index (χ1v) is 11.5. The molecule has 1 amide bonds. The number of benzene rings is 1. The number of nitrogens with two attached hydrogens (primary N) is 1. The Morgan fingerprint density at radius 2 is 2.00 bits per heavy atom. The average Bonchev–Trinajstić information content (AvgIpc) is 3.59. The number of hydrogen-bond acceptors (Lipinski definition) is 6. The summed E-state index contributed by atoms with van der Waals surface area (Å²) in [5, 5.41) is 21.2. The number of aromatic nitrogens is 7. The molecule has 170 valence electrons. The topological polar surface area (TPSA) is 132 Å². The maximum absolute atomic E-state index is 12.2. The zero-order valence-electron chi connectivity index (χ0n) is 18.7. The lowest BCUT2D eigenvalue weighted by atomic mass is 10.0. The summed E-state index contributed by atoms with van der Waals surface area (Å²) in [5.74, 6) is 2.04. The van der Waals surface area contributed by atoms with Crippen molar-refractivity contribution in [3.63, 3.8) is 0 Å². The van der Waals surface area contributed by atoms with Gasteiger partial charge in [0.05, 0.1) is 23.4 Å². The second kappa shape index (κ2) is 7.51. The Morgan fingerprint density at radius 3 is 2.73 bits per heavy atom. The van der Waals surface area contributed by atoms with E-state index >= 15 is 0 Å². The summed E-state index contributed by atoms with van der Waals surface area (Å²) >= 11 is 0. The SMILES string of the molecule is CCn1nc(C)cc1-c1nc(-c2cc(C(N)=O)cc3c2cnn3C2CC3CNCC3C2)n[nH]1. The fraction of sp³-hybridized carbons (Fsp3) is 0.435. The minimum absolute atomic E-state index is 0.320. The van der Waals surface area contributed by atoms with Gasteiger partial charge in [-0.15, -0.1) is 0 Å². The van der Waals surface area contributed by atoms with Crippen molar-refractivity contribution < 1.29 is 4.79 Å². The predicted molar refractivity (Wildman–Crippen MR) is 123 cm³/mol. The monoisotopic (exact) mass is 445 g/mol. The molecule has 2 aliphatic rings. The summed E-state index contributed by atoms with van der Waals surface area (Å²) in [6.07, 6.45) is 4.05. The smallest absolute Gasteiger partial charge is 0.248 e. The first kappa shape index (κ1) is 20.1. The minimum atomic E-state index is -0.478. The molecule has 2 unspecified atom stereocenters. The number of aromatic amines is 1. The fourth-order valence-corrected chi connectivity index (χ4v) is 5.57. The molecule has 4 heterocycles. The lowest BCUT2D eigenvalue weighted by Crippen LogP contribution is -2.15. The Morgan fingerprint density at radius 1 is 1.21 bits per heavy atom. The lowest BCUT2D eigenvalue weighted by molar-refractivity contribution is 0.100. The molecule has 0 spiro atoms. The van der Waals surface area contributed by atoms with E-state index in [1.54, 1.807) is 6.07 Å². The van der Waals surface area contributed by atoms with Crippen LogP contribution in [0, 0.1) is 18.8 Å². The second-order valence-corrected chi connectivity index (χ2v) is 9.21. The van der Waals surface area contributed by atoms with Crippen molar-refractivity contribution in [2.75, 3.05) is 13.1 Å². The van der Waals surface area contributed by atoms with E-state index in [0.29, 0.717) is 35.1 Å². The molecule has 0 bridgehead atoms. The third kappa shape index (κ3) is 3.24. The van der Waals surface area contributed by atoms with Gasteiger partial charge in [-0.05, 0) is 69.8 Å². The third-order valence-electron chi connectivity index (χ3n) is 7.15. The number of nitrogens with zero attached hydrogens (tertiary/aromatic N) is 6. The van der Waals surface area contributed by atoms with Gasteiger partial charge in [0, 0.05) is 23.1 Å². The quantitative estimate of drug-likeness (QED) is 0.432. The highest BCUT2D eigenvalue weighted by Gasteiger charge is 2.39. The van der Waals surface area contributed by atoms with Gasteiger partial charge in [-0.25, -0.2) is 4.98 Å². The van der Waals surface area contributed by atoms with Gasteiger partial charge in [0.15, 0.2) is 11.6 Å². The molecule has 0 radical (unpaired) electrons. The van der Waals surface area contributed by atoms with E-state index in [1.165, 1.54) is 0 Å². The van der Waals surface area contributed by atoms with Crippen LogP contribution >= 0.6 is 0 Å². The van der Waals surface area contributed by atoms with Crippen LogP contribution in [0.4, 0.5) is 0 Å². The third-order valence-corrected chi connectivity index (χ3v) is 7.15. The van der Waals surface area contributed by atoms with E-state index < -0.39 is 5.91 Å². The highest BCUT2D eigenvalue weighted by molar-refractivity contribution is 6.02. The Balaban J connectivity index is 1.45. The number of hydrogen-bond donors (Lipinski definition) is 3. The first-order chi connectivity index (χ1) is 16.0. The van der Waals surface area contributed by atoms with Crippen molar-refractivity contribution >= 4 is 16.8 Å². The Labute approximate surface area is 190 Å². The van der Waals surface area contributed by atoms with E-state index in [9.17, 15) is 4.79 Å². The number of aryl methyl sites for hydroxylation is 2. The molecule has 4 aromatic rings. The maximum atomic E-state index is 12.2. The van der Waals surface area contributed by atoms with E-state index in [-0.39, 0.29) is 0 Å². The number of fused-ring (bicyclic) bond motifs is 2. The van der Waals surface area contributed by atoms with Crippen LogP contribution in [0.3, 0.4) is 0 Å². The molecule has 1 aliphatic heterocycles. The molecule has 1 saturated heterocycles. The summed E-state index contributed by atoms with van der Waals surface area (Å²) in [4.78, 5) is 16.9. The van der Waals surface area contributed by atoms with Crippen LogP contribution in [-0.4, -0.2) is 53.7 Å². The van der Waals surface area contributed by atoms with Crippen LogP contribution in [0.2, 0.25) is 0 Å². The highest BCUT2D eigenvalue weighted by Crippen LogP contribution is 2.42. The van der Waals surface area contributed by atoms with Crippen molar-refractivity contribution in [3.05, 3.63) is 35.7 Å². The summed E-state index contributed by atoms with van der Waals surface area (Å²) in [6.45, 7) is 6.87. The summed E-state index contributed by atoms with van der Waals surface area (Å²) in [7, 11) is 0. The molecule has 33 heavy (non-hydrogen) atoms. The summed E-state index contributed by atoms with van der Waals surface area (Å²) < 4.78 is 3.96. The normalized spacial score (nSPS) is 22.3. The predicted octanol–water partition coefficient (Wildman–Crippen LogP) is 2.28. The molecule has 3 aromatic heterocycles. The number of primary amides is 1. The van der Waals surface area contributed by atoms with Gasteiger partial charge in [0.1, 0.15) is 5.69 Å². The lowest BCUT2D eigenvalue weighted by Gasteiger charge is -2.14. The van der Waals surface area contributed by atoms with Gasteiger partial charge < -0.3 is 11.1 Å². The molecule has 2 atom stereocenters. The van der Waals surface area contributed by atoms with Crippen LogP contribution in [0.15, 0.2) is 24.4 Å². The number of nitrogens with one attached hydrogen (secondary N) is 2. The van der Waals surface area contributed by atoms with E-state index in [2.05, 4.69) is 25.3 Å². The van der Waals surface area contributed by atoms with E-state index in [1.807, 2.05) is 36.9 Å². The van der Waals surface area contributed by atoms with Crippen molar-refractivity contribution in [1.29, 1.82) is 0 Å². The van der Waals surface area contributed by atoms with Crippen LogP contribution in [0.5, 0.6) is 0 Å². The number of carbonyl (C=O) groups is 1. The van der Waals surface area contributed by atoms with Gasteiger partial charge in [-0.1, -0.05) is 0 Å². The van der Waals surface area contributed by atoms with Gasteiger partial charge in [0.2, 0.25) is 5.91 Å². The standard InChI is InChI=1S/C23H27N9O/c1-3-31-20(4-12(2)30-31)23-27-22(28-29-23)17-7-13(21(24)33)8-19-18(17)11-26-32(19)16-5-14-9-25-10-15(14)6-16/h4,7-8,11,14-16,25H,3,5-6,9-10H2,1-2H3,(H2,24,33)(H,27,28,29). The number of H-pyrrole nitrogens is 1. The van der Waals surface area contributed by atoms with E-state index in [0.717, 1.165) is 60.3 Å². The first-order valence-electron chi connectivity index (χ1n) is 11.5. The zero-order chi connectivity index (χ0) is 22.7. The fourth-order valence-electron chi connectivity index (χ4n) is 5.57. The average molecular weight is 446 g/mol. The number of rotatable bonds is 5.